The molecule has 0 amide bonds. The summed E-state index contributed by atoms with van der Waals surface area (Å²) in [5.41, 5.74) is 0. The number of aliphatic carboxylic acids is 1. The fourth-order valence-electron chi connectivity index (χ4n) is 1.19. The zero-order valence-corrected chi connectivity index (χ0v) is 6.83. The monoisotopic (exact) mass is 160 g/mol. The molecule has 2 atom stereocenters. The second kappa shape index (κ2) is 2.46. The van der Waals surface area contributed by atoms with E-state index in [1.807, 2.05) is 0 Å². The zero-order valence-electron chi connectivity index (χ0n) is 6.83. The molecule has 1 saturated heterocycles. The Labute approximate surface area is 65.1 Å². The van der Waals surface area contributed by atoms with Crippen molar-refractivity contribution >= 4 is 5.97 Å². The lowest BCUT2D eigenvalue weighted by atomic mass is 10.2. The number of ether oxygens (including phenoxy) is 2. The van der Waals surface area contributed by atoms with Gasteiger partial charge in [0.1, 0.15) is 0 Å². The Hall–Kier alpha value is -0.610. The lowest BCUT2D eigenvalue weighted by molar-refractivity contribution is -0.165. The molecular weight excluding hydrogens is 148 g/mol. The lowest BCUT2D eigenvalue weighted by Gasteiger charge is -2.15. The molecule has 11 heavy (non-hydrogen) atoms. The largest absolute Gasteiger partial charge is 0.479 e. The van der Waals surface area contributed by atoms with Crippen molar-refractivity contribution in [2.75, 3.05) is 0 Å². The fraction of sp³-hybridized carbons (Fsp3) is 0.857. The third kappa shape index (κ3) is 1.70. The highest BCUT2D eigenvalue weighted by atomic mass is 16.8. The quantitative estimate of drug-likeness (QED) is 0.610. The smallest absolute Gasteiger partial charge is 0.335 e. The molecule has 1 rings (SSSR count). The Balaban J connectivity index is 2.66. The first-order valence-corrected chi connectivity index (χ1v) is 3.51. The van der Waals surface area contributed by atoms with Crippen molar-refractivity contribution in [2.45, 2.75) is 38.8 Å². The molecule has 0 aromatic carbocycles. The second-order valence-corrected chi connectivity index (χ2v) is 3.10. The van der Waals surface area contributed by atoms with Gasteiger partial charge in [0.05, 0.1) is 6.10 Å². The molecule has 0 bridgehead atoms. The van der Waals surface area contributed by atoms with Crippen molar-refractivity contribution in [1.82, 2.24) is 0 Å². The van der Waals surface area contributed by atoms with E-state index in [4.69, 9.17) is 14.6 Å². The Bertz CT molecular complexity index is 175. The van der Waals surface area contributed by atoms with E-state index >= 15 is 0 Å². The van der Waals surface area contributed by atoms with Crippen LogP contribution in [-0.4, -0.2) is 29.1 Å². The molecular formula is C7H12O4. The summed E-state index contributed by atoms with van der Waals surface area (Å²) in [5, 5.41) is 8.61. The van der Waals surface area contributed by atoms with Crippen LogP contribution in [0, 0.1) is 0 Å². The van der Waals surface area contributed by atoms with E-state index in [2.05, 4.69) is 0 Å². The minimum absolute atomic E-state index is 0.373. The van der Waals surface area contributed by atoms with Crippen LogP contribution in [0.4, 0.5) is 0 Å². The van der Waals surface area contributed by atoms with E-state index in [-0.39, 0.29) is 6.10 Å². The highest BCUT2D eigenvalue weighted by Crippen LogP contribution is 2.27. The topological polar surface area (TPSA) is 55.8 Å². The summed E-state index contributed by atoms with van der Waals surface area (Å²) in [4.78, 5) is 10.5. The van der Waals surface area contributed by atoms with Gasteiger partial charge in [-0.1, -0.05) is 0 Å². The van der Waals surface area contributed by atoms with Gasteiger partial charge in [0.2, 0.25) is 0 Å². The minimum Gasteiger partial charge on any atom is -0.479 e. The summed E-state index contributed by atoms with van der Waals surface area (Å²) >= 11 is 0. The second-order valence-electron chi connectivity index (χ2n) is 3.10. The standard InChI is InChI=1S/C7H12O4/c1-4-5(6(8)9)11-7(2,3)10-4/h4-5H,1-3H3,(H,8,9)/t4?,5-/m0/s1. The molecule has 1 fully saturated rings. The summed E-state index contributed by atoms with van der Waals surface area (Å²) in [5.74, 6) is -1.73. The highest BCUT2D eigenvalue weighted by Gasteiger charge is 2.42. The molecule has 0 radical (unpaired) electrons. The third-order valence-corrected chi connectivity index (χ3v) is 1.55. The maximum atomic E-state index is 10.5. The van der Waals surface area contributed by atoms with Crippen LogP contribution in [0.3, 0.4) is 0 Å². The van der Waals surface area contributed by atoms with Crippen LogP contribution in [0.5, 0.6) is 0 Å². The molecule has 0 aliphatic carbocycles. The molecule has 0 saturated carbocycles. The number of rotatable bonds is 1. The molecule has 1 N–H and O–H groups in total. The van der Waals surface area contributed by atoms with Crippen LogP contribution in [0.1, 0.15) is 20.8 Å². The van der Waals surface area contributed by atoms with Gasteiger partial charge >= 0.3 is 5.97 Å². The summed E-state index contributed by atoms with van der Waals surface area (Å²) in [6.45, 7) is 5.09. The average molecular weight is 160 g/mol. The van der Waals surface area contributed by atoms with Crippen LogP contribution < -0.4 is 0 Å². The van der Waals surface area contributed by atoms with E-state index in [9.17, 15) is 4.79 Å². The van der Waals surface area contributed by atoms with Crippen molar-refractivity contribution in [1.29, 1.82) is 0 Å². The van der Waals surface area contributed by atoms with Gasteiger partial charge in [0.15, 0.2) is 11.9 Å². The SMILES string of the molecule is CC1OC(C)(C)O[C@@H]1C(=O)O. The molecule has 0 aromatic rings. The van der Waals surface area contributed by atoms with Gasteiger partial charge in [-0.3, -0.25) is 0 Å². The lowest BCUT2D eigenvalue weighted by Crippen LogP contribution is -2.29. The predicted octanol–water partition coefficient (Wildman–Crippen LogP) is 0.611. The van der Waals surface area contributed by atoms with Crippen molar-refractivity contribution in [3.8, 4) is 0 Å². The molecule has 1 unspecified atom stereocenters. The summed E-state index contributed by atoms with van der Waals surface area (Å²) in [6, 6.07) is 0. The van der Waals surface area contributed by atoms with Crippen molar-refractivity contribution in [3.63, 3.8) is 0 Å². The Morgan fingerprint density at radius 1 is 1.45 bits per heavy atom. The van der Waals surface area contributed by atoms with E-state index < -0.39 is 17.9 Å². The average Bonchev–Trinajstić information content (AvgIpc) is 2.05. The van der Waals surface area contributed by atoms with Crippen molar-refractivity contribution in [2.24, 2.45) is 0 Å². The van der Waals surface area contributed by atoms with E-state index in [1.165, 1.54) is 0 Å². The molecule has 4 heteroatoms. The van der Waals surface area contributed by atoms with Gasteiger partial charge in [-0.15, -0.1) is 0 Å². The van der Waals surface area contributed by atoms with Gasteiger partial charge in [-0.2, -0.15) is 0 Å². The first-order chi connectivity index (χ1) is 4.92. The Kier molecular flexibility index (Phi) is 1.90. The molecule has 1 aliphatic heterocycles. The van der Waals surface area contributed by atoms with Gasteiger partial charge in [0, 0.05) is 0 Å². The third-order valence-electron chi connectivity index (χ3n) is 1.55. The highest BCUT2D eigenvalue weighted by molar-refractivity contribution is 5.73. The molecule has 4 nitrogen and oxygen atoms in total. The number of carbonyl (C=O) groups is 1. The molecule has 0 spiro atoms. The maximum Gasteiger partial charge on any atom is 0.335 e. The molecule has 1 aliphatic rings. The van der Waals surface area contributed by atoms with E-state index in [0.717, 1.165) is 0 Å². The summed E-state index contributed by atoms with van der Waals surface area (Å²) in [7, 11) is 0. The van der Waals surface area contributed by atoms with Gasteiger partial charge < -0.3 is 14.6 Å². The van der Waals surface area contributed by atoms with E-state index in [0.29, 0.717) is 0 Å². The minimum atomic E-state index is -0.969. The van der Waals surface area contributed by atoms with Crippen LogP contribution in [0.15, 0.2) is 0 Å². The van der Waals surface area contributed by atoms with E-state index in [1.54, 1.807) is 20.8 Å². The summed E-state index contributed by atoms with van der Waals surface area (Å²) < 4.78 is 10.3. The van der Waals surface area contributed by atoms with Crippen LogP contribution in [0.2, 0.25) is 0 Å². The van der Waals surface area contributed by atoms with Gasteiger partial charge in [0.25, 0.3) is 0 Å². The fourth-order valence-corrected chi connectivity index (χ4v) is 1.19. The summed E-state index contributed by atoms with van der Waals surface area (Å²) in [6.07, 6.45) is -1.20. The normalized spacial score (nSPS) is 35.5. The van der Waals surface area contributed by atoms with Crippen LogP contribution in [-0.2, 0) is 14.3 Å². The number of hydrogen-bond donors (Lipinski definition) is 1. The molecule has 0 aromatic heterocycles. The molecule has 1 heterocycles. The first-order valence-electron chi connectivity index (χ1n) is 3.51. The van der Waals surface area contributed by atoms with Gasteiger partial charge in [-0.05, 0) is 20.8 Å². The van der Waals surface area contributed by atoms with Crippen LogP contribution in [0.25, 0.3) is 0 Å². The van der Waals surface area contributed by atoms with Crippen molar-refractivity contribution in [3.05, 3.63) is 0 Å². The Morgan fingerprint density at radius 3 is 2.18 bits per heavy atom. The maximum absolute atomic E-state index is 10.5. The number of hydrogen-bond acceptors (Lipinski definition) is 3. The molecule has 64 valence electrons. The van der Waals surface area contributed by atoms with Crippen LogP contribution >= 0.6 is 0 Å². The van der Waals surface area contributed by atoms with Gasteiger partial charge in [-0.25, -0.2) is 4.79 Å². The van der Waals surface area contributed by atoms with Crippen molar-refractivity contribution < 1.29 is 19.4 Å². The number of carboxylic acids is 1. The Morgan fingerprint density at radius 2 is 2.00 bits per heavy atom. The zero-order chi connectivity index (χ0) is 8.65. The number of carboxylic acid groups (broad SMARTS) is 1. The first kappa shape index (κ1) is 8.49. The predicted molar refractivity (Wildman–Crippen MR) is 37.1 cm³/mol.